The minimum absolute atomic E-state index is 0. The molecule has 5 heteroatoms. The number of nitrogens with zero attached hydrogens (tertiary/aromatic N) is 2. The molecule has 0 aliphatic carbocycles. The number of hydrogen-bond donors (Lipinski definition) is 1. The lowest BCUT2D eigenvalue weighted by Gasteiger charge is -2.09. The summed E-state index contributed by atoms with van der Waals surface area (Å²) in [5.74, 6) is 1.39. The standard InChI is InChI=1S/C14H15N3O.ClH/c1-2-5-11(6-3-1)9-13-16-14(18-17-13)12-7-4-8-15-10-12;/h1-3,5-7,15H,4,8-10H2;1H. The summed E-state index contributed by atoms with van der Waals surface area (Å²) < 4.78 is 5.31. The molecule has 0 saturated heterocycles. The van der Waals surface area contributed by atoms with E-state index >= 15 is 0 Å². The molecule has 19 heavy (non-hydrogen) atoms. The molecule has 1 aromatic carbocycles. The van der Waals surface area contributed by atoms with Gasteiger partial charge >= 0.3 is 0 Å². The van der Waals surface area contributed by atoms with E-state index in [0.717, 1.165) is 30.9 Å². The Hall–Kier alpha value is -1.65. The molecule has 0 amide bonds. The number of rotatable bonds is 3. The Kier molecular flexibility index (Phi) is 4.71. The number of benzene rings is 1. The van der Waals surface area contributed by atoms with Crippen LogP contribution in [0.1, 0.15) is 23.7 Å². The summed E-state index contributed by atoms with van der Waals surface area (Å²) in [6.07, 6.45) is 3.90. The SMILES string of the molecule is C1=C(c2nc(Cc3ccccc3)no2)CNCC1.Cl. The molecule has 2 heterocycles. The summed E-state index contributed by atoms with van der Waals surface area (Å²) in [5, 5.41) is 7.33. The lowest BCUT2D eigenvalue weighted by molar-refractivity contribution is 0.399. The van der Waals surface area contributed by atoms with Gasteiger partial charge in [0, 0.05) is 18.5 Å². The van der Waals surface area contributed by atoms with Crippen LogP contribution in [0.4, 0.5) is 0 Å². The first-order valence-electron chi connectivity index (χ1n) is 6.18. The first-order chi connectivity index (χ1) is 8.92. The van der Waals surface area contributed by atoms with Crippen molar-refractivity contribution in [1.82, 2.24) is 15.5 Å². The molecule has 100 valence electrons. The molecule has 1 aliphatic rings. The van der Waals surface area contributed by atoms with Crippen molar-refractivity contribution in [2.45, 2.75) is 12.8 Å². The highest BCUT2D eigenvalue weighted by Gasteiger charge is 2.13. The second-order valence-electron chi connectivity index (χ2n) is 4.37. The fourth-order valence-electron chi connectivity index (χ4n) is 2.04. The van der Waals surface area contributed by atoms with Gasteiger partial charge in [-0.15, -0.1) is 12.4 Å². The molecule has 0 radical (unpaired) electrons. The van der Waals surface area contributed by atoms with Gasteiger partial charge in [0.05, 0.1) is 0 Å². The van der Waals surface area contributed by atoms with Crippen LogP contribution in [0.25, 0.3) is 5.57 Å². The van der Waals surface area contributed by atoms with E-state index < -0.39 is 0 Å². The minimum Gasteiger partial charge on any atom is -0.334 e. The molecule has 0 saturated carbocycles. The molecular weight excluding hydrogens is 262 g/mol. The summed E-state index contributed by atoms with van der Waals surface area (Å²) in [7, 11) is 0. The molecule has 2 aromatic rings. The maximum absolute atomic E-state index is 5.31. The number of nitrogens with one attached hydrogen (secondary N) is 1. The van der Waals surface area contributed by atoms with E-state index in [-0.39, 0.29) is 12.4 Å². The smallest absolute Gasteiger partial charge is 0.254 e. The molecule has 0 bridgehead atoms. The molecule has 1 aromatic heterocycles. The highest BCUT2D eigenvalue weighted by Crippen LogP contribution is 2.15. The van der Waals surface area contributed by atoms with Crippen LogP contribution in [0.3, 0.4) is 0 Å². The minimum atomic E-state index is 0. The van der Waals surface area contributed by atoms with Crippen molar-refractivity contribution in [3.05, 3.63) is 53.7 Å². The van der Waals surface area contributed by atoms with Crippen LogP contribution in [0, 0.1) is 0 Å². The third-order valence-corrected chi connectivity index (χ3v) is 2.98. The summed E-state index contributed by atoms with van der Waals surface area (Å²) in [6.45, 7) is 1.83. The zero-order valence-electron chi connectivity index (χ0n) is 10.5. The van der Waals surface area contributed by atoms with E-state index in [2.05, 4.69) is 33.7 Å². The molecular formula is C14H16ClN3O. The Bertz CT molecular complexity index is 551. The second-order valence-corrected chi connectivity index (χ2v) is 4.37. The Morgan fingerprint density at radius 1 is 1.21 bits per heavy atom. The van der Waals surface area contributed by atoms with Gasteiger partial charge in [-0.2, -0.15) is 4.98 Å². The van der Waals surface area contributed by atoms with Gasteiger partial charge < -0.3 is 9.84 Å². The van der Waals surface area contributed by atoms with Gasteiger partial charge in [-0.1, -0.05) is 41.6 Å². The average Bonchev–Trinajstić information content (AvgIpc) is 2.89. The summed E-state index contributed by atoms with van der Waals surface area (Å²) in [5.41, 5.74) is 2.30. The second kappa shape index (κ2) is 6.50. The van der Waals surface area contributed by atoms with Crippen LogP contribution in [-0.2, 0) is 6.42 Å². The number of aromatic nitrogens is 2. The molecule has 3 rings (SSSR count). The van der Waals surface area contributed by atoms with E-state index in [4.69, 9.17) is 4.52 Å². The van der Waals surface area contributed by atoms with Crippen LogP contribution in [0.15, 0.2) is 40.9 Å². The van der Waals surface area contributed by atoms with E-state index in [1.54, 1.807) is 0 Å². The Morgan fingerprint density at radius 3 is 2.79 bits per heavy atom. The van der Waals surface area contributed by atoms with Crippen molar-refractivity contribution in [2.75, 3.05) is 13.1 Å². The zero-order valence-corrected chi connectivity index (χ0v) is 11.3. The van der Waals surface area contributed by atoms with E-state index in [9.17, 15) is 0 Å². The van der Waals surface area contributed by atoms with Gasteiger partial charge in [-0.05, 0) is 18.5 Å². The first-order valence-corrected chi connectivity index (χ1v) is 6.18. The molecule has 0 atom stereocenters. The van der Waals surface area contributed by atoms with Crippen LogP contribution >= 0.6 is 12.4 Å². The van der Waals surface area contributed by atoms with Crippen molar-refractivity contribution in [1.29, 1.82) is 0 Å². The lowest BCUT2D eigenvalue weighted by Crippen LogP contribution is -2.21. The van der Waals surface area contributed by atoms with Crippen molar-refractivity contribution in [3.8, 4) is 0 Å². The summed E-state index contributed by atoms with van der Waals surface area (Å²) >= 11 is 0. The van der Waals surface area contributed by atoms with Crippen LogP contribution in [0.2, 0.25) is 0 Å². The highest BCUT2D eigenvalue weighted by atomic mass is 35.5. The van der Waals surface area contributed by atoms with E-state index in [0.29, 0.717) is 12.3 Å². The molecule has 0 unspecified atom stereocenters. The maximum Gasteiger partial charge on any atom is 0.254 e. The summed E-state index contributed by atoms with van der Waals surface area (Å²) in [4.78, 5) is 4.44. The number of halogens is 1. The molecule has 1 aliphatic heterocycles. The van der Waals surface area contributed by atoms with Crippen LogP contribution < -0.4 is 5.32 Å². The van der Waals surface area contributed by atoms with E-state index in [1.165, 1.54) is 5.56 Å². The Balaban J connectivity index is 0.00000133. The zero-order chi connectivity index (χ0) is 12.2. The van der Waals surface area contributed by atoms with Crippen LogP contribution in [0.5, 0.6) is 0 Å². The Morgan fingerprint density at radius 2 is 2.05 bits per heavy atom. The topological polar surface area (TPSA) is 51.0 Å². The van der Waals surface area contributed by atoms with Gasteiger partial charge in [-0.3, -0.25) is 0 Å². The fraction of sp³-hybridized carbons (Fsp3) is 0.286. The molecule has 0 spiro atoms. The average molecular weight is 278 g/mol. The quantitative estimate of drug-likeness (QED) is 0.936. The van der Waals surface area contributed by atoms with Gasteiger partial charge in [0.1, 0.15) is 0 Å². The van der Waals surface area contributed by atoms with Gasteiger partial charge in [0.25, 0.3) is 5.89 Å². The van der Waals surface area contributed by atoms with Gasteiger partial charge in [0.2, 0.25) is 0 Å². The van der Waals surface area contributed by atoms with Crippen molar-refractivity contribution in [2.24, 2.45) is 0 Å². The van der Waals surface area contributed by atoms with Crippen molar-refractivity contribution in [3.63, 3.8) is 0 Å². The van der Waals surface area contributed by atoms with Crippen molar-refractivity contribution >= 4 is 18.0 Å². The van der Waals surface area contributed by atoms with Crippen LogP contribution in [-0.4, -0.2) is 23.2 Å². The maximum atomic E-state index is 5.31. The predicted molar refractivity (Wildman–Crippen MR) is 76.3 cm³/mol. The fourth-order valence-corrected chi connectivity index (χ4v) is 2.04. The number of hydrogen-bond acceptors (Lipinski definition) is 4. The highest BCUT2D eigenvalue weighted by molar-refractivity contribution is 5.85. The summed E-state index contributed by atoms with van der Waals surface area (Å²) in [6, 6.07) is 10.2. The van der Waals surface area contributed by atoms with Crippen molar-refractivity contribution < 1.29 is 4.52 Å². The predicted octanol–water partition coefficient (Wildman–Crippen LogP) is 2.46. The monoisotopic (exact) mass is 277 g/mol. The van der Waals surface area contributed by atoms with E-state index in [1.807, 2.05) is 18.2 Å². The largest absolute Gasteiger partial charge is 0.334 e. The third kappa shape index (κ3) is 3.43. The molecule has 4 nitrogen and oxygen atoms in total. The molecule has 0 fully saturated rings. The normalized spacial score (nSPS) is 14.6. The van der Waals surface area contributed by atoms with Gasteiger partial charge in [-0.25, -0.2) is 0 Å². The first kappa shape index (κ1) is 13.8. The Labute approximate surface area is 118 Å². The molecule has 1 N–H and O–H groups in total. The lowest BCUT2D eigenvalue weighted by atomic mass is 10.1. The van der Waals surface area contributed by atoms with Gasteiger partial charge in [0.15, 0.2) is 5.82 Å². The third-order valence-electron chi connectivity index (χ3n) is 2.98.